The third kappa shape index (κ3) is 2.50. The van der Waals surface area contributed by atoms with Crippen LogP contribution >= 0.6 is 0 Å². The third-order valence-corrected chi connectivity index (χ3v) is 3.45. The minimum absolute atomic E-state index is 0.163. The lowest BCUT2D eigenvalue weighted by atomic mass is 10.0. The van der Waals surface area contributed by atoms with Crippen molar-refractivity contribution in [1.82, 2.24) is 4.90 Å². The first-order valence-electron chi connectivity index (χ1n) is 6.66. The van der Waals surface area contributed by atoms with Crippen LogP contribution in [0.2, 0.25) is 0 Å². The smallest absolute Gasteiger partial charge is 0.254 e. The summed E-state index contributed by atoms with van der Waals surface area (Å²) in [6.45, 7) is 8.38. The van der Waals surface area contributed by atoms with E-state index >= 15 is 0 Å². The van der Waals surface area contributed by atoms with Crippen molar-refractivity contribution in [3.63, 3.8) is 0 Å². The van der Waals surface area contributed by atoms with Crippen LogP contribution in [0, 0.1) is 13.8 Å². The molecule has 1 aliphatic heterocycles. The molecule has 0 radical (unpaired) electrons. The Labute approximate surface area is 109 Å². The van der Waals surface area contributed by atoms with Gasteiger partial charge >= 0.3 is 0 Å². The summed E-state index contributed by atoms with van der Waals surface area (Å²) >= 11 is 0. The average molecular weight is 247 g/mol. The van der Waals surface area contributed by atoms with Gasteiger partial charge in [-0.05, 0) is 56.9 Å². The Morgan fingerprint density at radius 2 is 1.89 bits per heavy atom. The van der Waals surface area contributed by atoms with Gasteiger partial charge in [-0.1, -0.05) is 0 Å². The molecule has 0 aliphatic carbocycles. The molecule has 3 heteroatoms. The van der Waals surface area contributed by atoms with E-state index in [1.54, 1.807) is 0 Å². The van der Waals surface area contributed by atoms with Gasteiger partial charge in [-0.25, -0.2) is 0 Å². The summed E-state index contributed by atoms with van der Waals surface area (Å²) in [5, 5.41) is 0. The van der Waals surface area contributed by atoms with E-state index in [2.05, 4.69) is 0 Å². The summed E-state index contributed by atoms with van der Waals surface area (Å²) in [6, 6.07) is 3.93. The van der Waals surface area contributed by atoms with Crippen LogP contribution in [0.3, 0.4) is 0 Å². The molecule has 1 saturated heterocycles. The topological polar surface area (TPSA) is 29.5 Å². The number of nitrogens with zero attached hydrogens (tertiary/aromatic N) is 1. The van der Waals surface area contributed by atoms with E-state index in [1.807, 2.05) is 37.8 Å². The second-order valence-corrected chi connectivity index (χ2v) is 4.86. The number of benzene rings is 1. The van der Waals surface area contributed by atoms with Crippen LogP contribution in [0.15, 0.2) is 12.1 Å². The average Bonchev–Trinajstić information content (AvgIpc) is 2.86. The van der Waals surface area contributed by atoms with Crippen LogP contribution in [-0.4, -0.2) is 30.5 Å². The highest BCUT2D eigenvalue weighted by atomic mass is 16.5. The molecular weight excluding hydrogens is 226 g/mol. The number of hydrogen-bond acceptors (Lipinski definition) is 2. The molecule has 0 spiro atoms. The van der Waals surface area contributed by atoms with Crippen molar-refractivity contribution >= 4 is 5.91 Å². The summed E-state index contributed by atoms with van der Waals surface area (Å²) in [5.41, 5.74) is 2.85. The van der Waals surface area contributed by atoms with Gasteiger partial charge < -0.3 is 9.64 Å². The second kappa shape index (κ2) is 5.42. The minimum atomic E-state index is 0.163. The van der Waals surface area contributed by atoms with Gasteiger partial charge in [-0.15, -0.1) is 0 Å². The highest BCUT2D eigenvalue weighted by Gasteiger charge is 2.21. The van der Waals surface area contributed by atoms with Gasteiger partial charge in [0.15, 0.2) is 0 Å². The number of rotatable bonds is 3. The Bertz CT molecular complexity index is 448. The summed E-state index contributed by atoms with van der Waals surface area (Å²) in [7, 11) is 0. The monoisotopic (exact) mass is 247 g/mol. The number of ether oxygens (including phenoxy) is 1. The lowest BCUT2D eigenvalue weighted by molar-refractivity contribution is 0.0792. The van der Waals surface area contributed by atoms with Gasteiger partial charge in [0.25, 0.3) is 5.91 Å². The maximum atomic E-state index is 12.4. The van der Waals surface area contributed by atoms with E-state index in [-0.39, 0.29) is 5.91 Å². The van der Waals surface area contributed by atoms with E-state index in [1.165, 1.54) is 0 Å². The molecule has 0 saturated carbocycles. The van der Waals surface area contributed by atoms with Crippen LogP contribution in [0.4, 0.5) is 0 Å². The fourth-order valence-electron chi connectivity index (χ4n) is 2.42. The number of carbonyl (C=O) groups excluding carboxylic acids is 1. The molecule has 18 heavy (non-hydrogen) atoms. The molecule has 1 aromatic carbocycles. The zero-order chi connectivity index (χ0) is 13.1. The third-order valence-electron chi connectivity index (χ3n) is 3.45. The Balaban J connectivity index is 2.27. The molecule has 0 bridgehead atoms. The van der Waals surface area contributed by atoms with Gasteiger partial charge in [0, 0.05) is 18.7 Å². The maximum Gasteiger partial charge on any atom is 0.254 e. The number of hydrogen-bond donors (Lipinski definition) is 0. The van der Waals surface area contributed by atoms with Crippen molar-refractivity contribution in [2.45, 2.75) is 33.6 Å². The lowest BCUT2D eigenvalue weighted by Gasteiger charge is -2.18. The molecular formula is C15H21NO2. The zero-order valence-corrected chi connectivity index (χ0v) is 11.5. The van der Waals surface area contributed by atoms with E-state index in [0.29, 0.717) is 6.61 Å². The van der Waals surface area contributed by atoms with E-state index < -0.39 is 0 Å². The standard InChI is InChI=1S/C15H21NO2/c1-4-18-14-10-11(2)13(9-12(14)3)15(17)16-7-5-6-8-16/h9-10H,4-8H2,1-3H3. The predicted octanol–water partition coefficient (Wildman–Crippen LogP) is 2.94. The highest BCUT2D eigenvalue weighted by Crippen LogP contribution is 2.24. The van der Waals surface area contributed by atoms with Gasteiger partial charge in [0.05, 0.1) is 6.61 Å². The molecule has 0 N–H and O–H groups in total. The van der Waals surface area contributed by atoms with Crippen LogP contribution in [0.1, 0.15) is 41.3 Å². The van der Waals surface area contributed by atoms with Crippen molar-refractivity contribution in [2.24, 2.45) is 0 Å². The summed E-state index contributed by atoms with van der Waals surface area (Å²) in [5.74, 6) is 1.05. The summed E-state index contributed by atoms with van der Waals surface area (Å²) < 4.78 is 5.55. The molecule has 1 amide bonds. The molecule has 2 rings (SSSR count). The molecule has 0 unspecified atom stereocenters. The first-order chi connectivity index (χ1) is 8.63. The van der Waals surface area contributed by atoms with Crippen molar-refractivity contribution in [2.75, 3.05) is 19.7 Å². The number of carbonyl (C=O) groups is 1. The van der Waals surface area contributed by atoms with E-state index in [9.17, 15) is 4.79 Å². The first kappa shape index (κ1) is 12.9. The normalized spacial score (nSPS) is 14.9. The van der Waals surface area contributed by atoms with Gasteiger partial charge in [0.2, 0.25) is 0 Å². The Kier molecular flexibility index (Phi) is 3.90. The largest absolute Gasteiger partial charge is 0.494 e. The van der Waals surface area contributed by atoms with E-state index in [0.717, 1.165) is 48.4 Å². The number of likely N-dealkylation sites (tertiary alicyclic amines) is 1. The van der Waals surface area contributed by atoms with Crippen LogP contribution < -0.4 is 4.74 Å². The van der Waals surface area contributed by atoms with Crippen LogP contribution in [-0.2, 0) is 0 Å². The quantitative estimate of drug-likeness (QED) is 0.822. The molecule has 0 aromatic heterocycles. The first-order valence-corrected chi connectivity index (χ1v) is 6.66. The lowest BCUT2D eigenvalue weighted by Crippen LogP contribution is -2.28. The van der Waals surface area contributed by atoms with Crippen molar-refractivity contribution in [3.8, 4) is 5.75 Å². The SMILES string of the molecule is CCOc1cc(C)c(C(=O)N2CCCC2)cc1C. The molecule has 0 atom stereocenters. The van der Waals surface area contributed by atoms with Crippen LogP contribution in [0.5, 0.6) is 5.75 Å². The fourth-order valence-corrected chi connectivity index (χ4v) is 2.42. The maximum absolute atomic E-state index is 12.4. The molecule has 1 fully saturated rings. The fraction of sp³-hybridized carbons (Fsp3) is 0.533. The van der Waals surface area contributed by atoms with Gasteiger partial charge in [0.1, 0.15) is 5.75 Å². The summed E-state index contributed by atoms with van der Waals surface area (Å²) in [4.78, 5) is 14.3. The molecule has 3 nitrogen and oxygen atoms in total. The summed E-state index contributed by atoms with van der Waals surface area (Å²) in [6.07, 6.45) is 2.25. The molecule has 1 heterocycles. The second-order valence-electron chi connectivity index (χ2n) is 4.86. The van der Waals surface area contributed by atoms with Crippen molar-refractivity contribution < 1.29 is 9.53 Å². The molecule has 1 aromatic rings. The van der Waals surface area contributed by atoms with Crippen molar-refractivity contribution in [3.05, 3.63) is 28.8 Å². The van der Waals surface area contributed by atoms with Gasteiger partial charge in [-0.3, -0.25) is 4.79 Å². The number of aryl methyl sites for hydroxylation is 2. The minimum Gasteiger partial charge on any atom is -0.494 e. The van der Waals surface area contributed by atoms with Crippen LogP contribution in [0.25, 0.3) is 0 Å². The zero-order valence-electron chi connectivity index (χ0n) is 11.5. The van der Waals surface area contributed by atoms with Crippen molar-refractivity contribution in [1.29, 1.82) is 0 Å². The highest BCUT2D eigenvalue weighted by molar-refractivity contribution is 5.96. The van der Waals surface area contributed by atoms with Gasteiger partial charge in [-0.2, -0.15) is 0 Å². The Hall–Kier alpha value is -1.51. The van der Waals surface area contributed by atoms with E-state index in [4.69, 9.17) is 4.74 Å². The Morgan fingerprint density at radius 1 is 1.22 bits per heavy atom. The predicted molar refractivity (Wildman–Crippen MR) is 72.2 cm³/mol. The molecule has 1 aliphatic rings. The molecule has 98 valence electrons. The Morgan fingerprint density at radius 3 is 2.50 bits per heavy atom. The number of amides is 1.